The molecule has 0 bridgehead atoms. The van der Waals surface area contributed by atoms with Crippen LogP contribution in [0.15, 0.2) is 6.07 Å². The fourth-order valence-corrected chi connectivity index (χ4v) is 6.96. The first kappa shape index (κ1) is 20.6. The number of phenols is 1. The topological polar surface area (TPSA) is 107 Å². The highest BCUT2D eigenvalue weighted by Gasteiger charge is 2.68. The molecule has 0 radical (unpaired) electrons. The van der Waals surface area contributed by atoms with Crippen molar-refractivity contribution in [2.24, 2.45) is 22.7 Å². The van der Waals surface area contributed by atoms with Gasteiger partial charge in [-0.2, -0.15) is 0 Å². The van der Waals surface area contributed by atoms with Crippen molar-refractivity contribution in [1.29, 1.82) is 0 Å². The second-order valence-electron chi connectivity index (χ2n) is 10.2. The fourth-order valence-electron chi connectivity index (χ4n) is 6.96. The summed E-state index contributed by atoms with van der Waals surface area (Å²) in [6, 6.07) is 1.45. The van der Waals surface area contributed by atoms with Crippen molar-refractivity contribution in [1.82, 2.24) is 0 Å². The largest absolute Gasteiger partial charge is 0.508 e. The number of aliphatic hydroxyl groups excluding tert-OH is 3. The SMILES string of the molecule is C[C@@H]1CC[C@@H]2C(C)(C)[C@H](O)[C@H](O)C[C@]2(C)[C@]12Cc1c(O)cc(CO)c(C=O)c1O2. The normalized spacial score (nSPS) is 40.2. The molecule has 29 heavy (non-hydrogen) atoms. The van der Waals surface area contributed by atoms with Gasteiger partial charge in [0.05, 0.1) is 24.4 Å². The number of aliphatic hydroxyl groups is 3. The highest BCUT2D eigenvalue weighted by molar-refractivity contribution is 5.84. The Morgan fingerprint density at radius 1 is 1.24 bits per heavy atom. The molecule has 6 nitrogen and oxygen atoms in total. The molecule has 2 fully saturated rings. The van der Waals surface area contributed by atoms with Crippen LogP contribution in [-0.2, 0) is 13.0 Å². The van der Waals surface area contributed by atoms with Crippen molar-refractivity contribution in [2.75, 3.05) is 0 Å². The molecule has 1 spiro atoms. The monoisotopic (exact) mass is 404 g/mol. The smallest absolute Gasteiger partial charge is 0.154 e. The third-order valence-corrected chi connectivity index (χ3v) is 8.57. The predicted octanol–water partition coefficient (Wildman–Crippen LogP) is 2.57. The minimum Gasteiger partial charge on any atom is -0.508 e. The average molecular weight is 405 g/mol. The molecular formula is C23H32O6. The predicted molar refractivity (Wildman–Crippen MR) is 107 cm³/mol. The van der Waals surface area contributed by atoms with E-state index in [1.807, 2.05) is 13.8 Å². The maximum atomic E-state index is 11.8. The molecule has 4 N–H and O–H groups in total. The standard InChI is InChI=1S/C23H32O6/c1-12-5-6-18-21(2,3)20(28)17(27)9-22(18,4)23(12)8-14-16(26)7-13(10-24)15(11-25)19(14)29-23/h7,11-12,17-18,20,24,26-28H,5-6,8-10H2,1-4H3/t12-,17-,18-,20-,22+,23+/m1/s1. The number of rotatable bonds is 2. The van der Waals surface area contributed by atoms with Crippen LogP contribution in [0.25, 0.3) is 0 Å². The zero-order valence-electron chi connectivity index (χ0n) is 17.6. The van der Waals surface area contributed by atoms with E-state index >= 15 is 0 Å². The number of phenolic OH excluding ortho intramolecular Hbond substituents is 1. The maximum Gasteiger partial charge on any atom is 0.154 e. The first-order valence-electron chi connectivity index (χ1n) is 10.5. The fraction of sp³-hybridized carbons (Fsp3) is 0.696. The summed E-state index contributed by atoms with van der Waals surface area (Å²) >= 11 is 0. The van der Waals surface area contributed by atoms with Gasteiger partial charge in [-0.15, -0.1) is 0 Å². The van der Waals surface area contributed by atoms with E-state index in [1.54, 1.807) is 0 Å². The number of carbonyl (C=O) groups excluding carboxylic acids is 1. The van der Waals surface area contributed by atoms with Crippen molar-refractivity contribution >= 4 is 6.29 Å². The molecule has 6 heteroatoms. The molecule has 6 atom stereocenters. The summed E-state index contributed by atoms with van der Waals surface area (Å²) < 4.78 is 6.65. The second-order valence-corrected chi connectivity index (χ2v) is 10.2. The molecule has 1 aliphatic heterocycles. The summed E-state index contributed by atoms with van der Waals surface area (Å²) in [5.74, 6) is 0.625. The molecule has 160 valence electrons. The number of hydrogen-bond donors (Lipinski definition) is 4. The molecule has 2 saturated carbocycles. The Hall–Kier alpha value is -1.63. The van der Waals surface area contributed by atoms with Gasteiger partial charge in [-0.25, -0.2) is 0 Å². The summed E-state index contributed by atoms with van der Waals surface area (Å²) in [5, 5.41) is 41.8. The lowest BCUT2D eigenvalue weighted by Crippen LogP contribution is -2.69. The lowest BCUT2D eigenvalue weighted by molar-refractivity contribution is -0.240. The zero-order valence-corrected chi connectivity index (χ0v) is 17.6. The molecule has 0 saturated heterocycles. The van der Waals surface area contributed by atoms with Gasteiger partial charge >= 0.3 is 0 Å². The molecule has 1 heterocycles. The average Bonchev–Trinajstić information content (AvgIpc) is 3.07. The van der Waals surface area contributed by atoms with Gasteiger partial charge in [0.2, 0.25) is 0 Å². The van der Waals surface area contributed by atoms with E-state index in [9.17, 15) is 25.2 Å². The molecule has 1 aromatic carbocycles. The van der Waals surface area contributed by atoms with Crippen LogP contribution in [-0.4, -0.2) is 44.5 Å². The number of fused-ring (bicyclic) bond motifs is 3. The van der Waals surface area contributed by atoms with Crippen LogP contribution >= 0.6 is 0 Å². The quantitative estimate of drug-likeness (QED) is 0.565. The molecule has 0 aromatic heterocycles. The Bertz CT molecular complexity index is 848. The first-order valence-corrected chi connectivity index (χ1v) is 10.5. The summed E-state index contributed by atoms with van der Waals surface area (Å²) in [5.41, 5.74) is -0.443. The van der Waals surface area contributed by atoms with E-state index in [2.05, 4.69) is 13.8 Å². The van der Waals surface area contributed by atoms with E-state index in [0.717, 1.165) is 12.8 Å². The van der Waals surface area contributed by atoms with Gasteiger partial charge in [0.25, 0.3) is 0 Å². The van der Waals surface area contributed by atoms with Crippen molar-refractivity contribution < 1.29 is 30.0 Å². The van der Waals surface area contributed by atoms with Crippen molar-refractivity contribution in [3.8, 4) is 11.5 Å². The minimum absolute atomic E-state index is 0.0279. The Morgan fingerprint density at radius 3 is 2.55 bits per heavy atom. The van der Waals surface area contributed by atoms with Gasteiger partial charge in [-0.3, -0.25) is 4.79 Å². The summed E-state index contributed by atoms with van der Waals surface area (Å²) in [6.45, 7) is 7.90. The highest BCUT2D eigenvalue weighted by Crippen LogP contribution is 2.66. The van der Waals surface area contributed by atoms with Gasteiger partial charge in [-0.05, 0) is 48.1 Å². The van der Waals surface area contributed by atoms with E-state index in [0.29, 0.717) is 36.0 Å². The van der Waals surface area contributed by atoms with Crippen LogP contribution in [0.2, 0.25) is 0 Å². The molecule has 3 aliphatic rings. The van der Waals surface area contributed by atoms with Gasteiger partial charge in [0.15, 0.2) is 6.29 Å². The summed E-state index contributed by atoms with van der Waals surface area (Å²) in [7, 11) is 0. The zero-order chi connectivity index (χ0) is 21.4. The Labute approximate surface area is 171 Å². The number of carbonyl (C=O) groups is 1. The van der Waals surface area contributed by atoms with Gasteiger partial charge in [-0.1, -0.05) is 27.7 Å². The maximum absolute atomic E-state index is 11.8. The van der Waals surface area contributed by atoms with Crippen molar-refractivity contribution in [3.05, 3.63) is 22.8 Å². The molecule has 0 unspecified atom stereocenters. The van der Waals surface area contributed by atoms with Crippen LogP contribution in [0.1, 0.15) is 68.4 Å². The Balaban J connectivity index is 1.89. The van der Waals surface area contributed by atoms with Crippen LogP contribution in [0.4, 0.5) is 0 Å². The first-order chi connectivity index (χ1) is 13.5. The lowest BCUT2D eigenvalue weighted by atomic mass is 9.43. The lowest BCUT2D eigenvalue weighted by Gasteiger charge is -2.64. The molecule has 2 aliphatic carbocycles. The van der Waals surface area contributed by atoms with Gasteiger partial charge in [0.1, 0.15) is 17.1 Å². The van der Waals surface area contributed by atoms with E-state index in [4.69, 9.17) is 4.74 Å². The van der Waals surface area contributed by atoms with Crippen LogP contribution < -0.4 is 4.74 Å². The minimum atomic E-state index is -0.868. The number of hydrogen-bond acceptors (Lipinski definition) is 6. The molecule has 0 amide bonds. The summed E-state index contributed by atoms with van der Waals surface area (Å²) in [6.07, 6.45) is 1.65. The number of aromatic hydroxyl groups is 1. The van der Waals surface area contributed by atoms with E-state index < -0.39 is 28.6 Å². The third kappa shape index (κ3) is 2.49. The summed E-state index contributed by atoms with van der Waals surface area (Å²) in [4.78, 5) is 11.8. The number of ether oxygens (including phenoxy) is 1. The van der Waals surface area contributed by atoms with Crippen LogP contribution in [0.5, 0.6) is 11.5 Å². The highest BCUT2D eigenvalue weighted by atomic mass is 16.5. The van der Waals surface area contributed by atoms with E-state index in [-0.39, 0.29) is 29.8 Å². The van der Waals surface area contributed by atoms with E-state index in [1.165, 1.54) is 6.07 Å². The third-order valence-electron chi connectivity index (χ3n) is 8.57. The molecule has 1 aromatic rings. The van der Waals surface area contributed by atoms with Crippen molar-refractivity contribution in [2.45, 2.75) is 77.8 Å². The van der Waals surface area contributed by atoms with Crippen molar-refractivity contribution in [3.63, 3.8) is 0 Å². The van der Waals surface area contributed by atoms with Crippen LogP contribution in [0.3, 0.4) is 0 Å². The number of benzene rings is 1. The Morgan fingerprint density at radius 2 is 1.93 bits per heavy atom. The van der Waals surface area contributed by atoms with Gasteiger partial charge in [0, 0.05) is 17.4 Å². The van der Waals surface area contributed by atoms with Crippen LogP contribution in [0, 0.1) is 22.7 Å². The second kappa shape index (κ2) is 6.43. The van der Waals surface area contributed by atoms with Gasteiger partial charge < -0.3 is 25.2 Å². The molecule has 4 rings (SSSR count). The molecular weight excluding hydrogens is 372 g/mol. The Kier molecular flexibility index (Phi) is 4.58. The number of aldehydes is 1.